The van der Waals surface area contributed by atoms with E-state index >= 15 is 0 Å². The smallest absolute Gasteiger partial charge is 0.174 e. The highest BCUT2D eigenvalue weighted by Gasteiger charge is 2.04. The van der Waals surface area contributed by atoms with E-state index in [9.17, 15) is 5.11 Å². The van der Waals surface area contributed by atoms with Gasteiger partial charge in [-0.1, -0.05) is 29.8 Å². The van der Waals surface area contributed by atoms with Crippen LogP contribution in [0.5, 0.6) is 11.5 Å². The molecule has 0 aliphatic carbocycles. The van der Waals surface area contributed by atoms with Crippen LogP contribution in [0.25, 0.3) is 0 Å². The molecular weight excluding hydrogens is 276 g/mol. The summed E-state index contributed by atoms with van der Waals surface area (Å²) in [5.41, 5.74) is 1.73. The number of aromatic hydroxyl groups is 1. The van der Waals surface area contributed by atoms with Gasteiger partial charge in [0, 0.05) is 17.8 Å². The van der Waals surface area contributed by atoms with Gasteiger partial charge >= 0.3 is 0 Å². The van der Waals surface area contributed by atoms with Gasteiger partial charge in [-0.3, -0.25) is 0 Å². The van der Waals surface area contributed by atoms with E-state index in [0.717, 1.165) is 11.3 Å². The summed E-state index contributed by atoms with van der Waals surface area (Å²) < 4.78 is 5.35. The van der Waals surface area contributed by atoms with Crippen molar-refractivity contribution in [1.29, 1.82) is 5.26 Å². The number of nitrogens with zero attached hydrogens (tertiary/aromatic N) is 1. The Bertz CT molecular complexity index is 638. The molecule has 0 bridgehead atoms. The van der Waals surface area contributed by atoms with Crippen molar-refractivity contribution in [3.05, 3.63) is 53.1 Å². The Hall–Kier alpha value is -2.38. The van der Waals surface area contributed by atoms with Gasteiger partial charge in [-0.25, -0.2) is 0 Å². The fraction of sp³-hybridized carbons (Fsp3) is 0.133. The zero-order valence-corrected chi connectivity index (χ0v) is 11.4. The fourth-order valence-electron chi connectivity index (χ4n) is 1.71. The maximum absolute atomic E-state index is 9.36. The topological polar surface area (TPSA) is 65.3 Å². The number of anilines is 1. The molecule has 0 saturated carbocycles. The monoisotopic (exact) mass is 288 g/mol. The number of phenols is 1. The van der Waals surface area contributed by atoms with Crippen LogP contribution < -0.4 is 10.1 Å². The molecular formula is C15H13ClN2O2. The molecule has 0 radical (unpaired) electrons. The first-order chi connectivity index (χ1) is 9.70. The minimum absolute atomic E-state index is 0.0159. The van der Waals surface area contributed by atoms with Crippen molar-refractivity contribution in [3.8, 4) is 17.6 Å². The minimum Gasteiger partial charge on any atom is -0.506 e. The van der Waals surface area contributed by atoms with E-state index in [-0.39, 0.29) is 12.4 Å². The van der Waals surface area contributed by atoms with Crippen LogP contribution in [0.3, 0.4) is 0 Å². The van der Waals surface area contributed by atoms with Crippen molar-refractivity contribution in [1.82, 2.24) is 0 Å². The predicted molar refractivity (Wildman–Crippen MR) is 78.0 cm³/mol. The molecule has 102 valence electrons. The molecule has 0 aromatic heterocycles. The van der Waals surface area contributed by atoms with Crippen molar-refractivity contribution in [2.75, 3.05) is 11.9 Å². The van der Waals surface area contributed by atoms with Gasteiger partial charge in [0.2, 0.25) is 0 Å². The quantitative estimate of drug-likeness (QED) is 0.826. The zero-order chi connectivity index (χ0) is 14.4. The summed E-state index contributed by atoms with van der Waals surface area (Å²) in [7, 11) is 0. The molecule has 0 unspecified atom stereocenters. The summed E-state index contributed by atoms with van der Waals surface area (Å²) in [6.45, 7) is 0.546. The molecule has 2 aromatic carbocycles. The number of para-hydroxylation sites is 1. The minimum atomic E-state index is 0.0159. The highest BCUT2D eigenvalue weighted by Crippen LogP contribution is 2.27. The summed E-state index contributed by atoms with van der Waals surface area (Å²) in [6, 6.07) is 14.4. The maximum Gasteiger partial charge on any atom is 0.174 e. The first-order valence-corrected chi connectivity index (χ1v) is 6.38. The molecule has 4 nitrogen and oxygen atoms in total. The number of halogens is 1. The second kappa shape index (κ2) is 6.69. The van der Waals surface area contributed by atoms with Crippen molar-refractivity contribution in [2.24, 2.45) is 0 Å². The summed E-state index contributed by atoms with van der Waals surface area (Å²) in [6.07, 6.45) is 0. The number of hydrogen-bond donors (Lipinski definition) is 2. The second-order valence-corrected chi connectivity index (χ2v) is 4.48. The lowest BCUT2D eigenvalue weighted by Crippen LogP contribution is -2.03. The lowest BCUT2D eigenvalue weighted by atomic mass is 10.2. The van der Waals surface area contributed by atoms with Crippen molar-refractivity contribution in [2.45, 2.75) is 6.54 Å². The van der Waals surface area contributed by atoms with Crippen LogP contribution in [0.2, 0.25) is 5.02 Å². The summed E-state index contributed by atoms with van der Waals surface area (Å²) in [5, 5.41) is 21.4. The summed E-state index contributed by atoms with van der Waals surface area (Å²) in [4.78, 5) is 0. The molecule has 0 spiro atoms. The lowest BCUT2D eigenvalue weighted by Gasteiger charge is -2.11. The molecule has 0 aliphatic rings. The Morgan fingerprint density at radius 3 is 2.80 bits per heavy atom. The van der Waals surface area contributed by atoms with Crippen molar-refractivity contribution in [3.63, 3.8) is 0 Å². The highest BCUT2D eigenvalue weighted by molar-refractivity contribution is 6.32. The number of rotatable bonds is 5. The van der Waals surface area contributed by atoms with Crippen LogP contribution in [0.1, 0.15) is 5.56 Å². The SMILES string of the molecule is N#CCOc1ccccc1CNc1ccc(O)c(Cl)c1. The van der Waals surface area contributed by atoms with E-state index < -0.39 is 0 Å². The molecule has 0 atom stereocenters. The van der Waals surface area contributed by atoms with E-state index in [4.69, 9.17) is 21.6 Å². The first-order valence-electron chi connectivity index (χ1n) is 6.01. The summed E-state index contributed by atoms with van der Waals surface area (Å²) >= 11 is 5.84. The Kier molecular flexibility index (Phi) is 4.70. The Morgan fingerprint density at radius 2 is 2.05 bits per heavy atom. The van der Waals surface area contributed by atoms with Crippen LogP contribution in [0.15, 0.2) is 42.5 Å². The number of ether oxygens (including phenoxy) is 1. The van der Waals surface area contributed by atoms with Gasteiger partial charge in [-0.05, 0) is 24.3 Å². The molecule has 2 N–H and O–H groups in total. The van der Waals surface area contributed by atoms with E-state index in [0.29, 0.717) is 17.3 Å². The van der Waals surface area contributed by atoms with Crippen molar-refractivity contribution < 1.29 is 9.84 Å². The van der Waals surface area contributed by atoms with Gasteiger partial charge in [0.25, 0.3) is 0 Å². The molecule has 2 aromatic rings. The van der Waals surface area contributed by atoms with Crippen LogP contribution >= 0.6 is 11.6 Å². The van der Waals surface area contributed by atoms with Gasteiger partial charge < -0.3 is 15.2 Å². The average Bonchev–Trinajstić information content (AvgIpc) is 2.47. The fourth-order valence-corrected chi connectivity index (χ4v) is 1.90. The van der Waals surface area contributed by atoms with Crippen LogP contribution in [0, 0.1) is 11.3 Å². The molecule has 0 saturated heterocycles. The second-order valence-electron chi connectivity index (χ2n) is 4.07. The van der Waals surface area contributed by atoms with E-state index in [1.807, 2.05) is 30.3 Å². The number of nitrogens with one attached hydrogen (secondary N) is 1. The van der Waals surface area contributed by atoms with E-state index in [1.54, 1.807) is 12.1 Å². The molecule has 0 aliphatic heterocycles. The van der Waals surface area contributed by atoms with Crippen LogP contribution in [-0.2, 0) is 6.54 Å². The number of hydrogen-bond acceptors (Lipinski definition) is 4. The summed E-state index contributed by atoms with van der Waals surface area (Å²) in [5.74, 6) is 0.724. The van der Waals surface area contributed by atoms with Gasteiger partial charge in [0.15, 0.2) is 6.61 Å². The number of benzene rings is 2. The average molecular weight is 289 g/mol. The lowest BCUT2D eigenvalue weighted by molar-refractivity contribution is 0.364. The van der Waals surface area contributed by atoms with Crippen LogP contribution in [-0.4, -0.2) is 11.7 Å². The van der Waals surface area contributed by atoms with Gasteiger partial charge in [-0.2, -0.15) is 5.26 Å². The largest absolute Gasteiger partial charge is 0.506 e. The number of phenolic OH excluding ortho intramolecular Hbond substituents is 1. The standard InChI is InChI=1S/C15H13ClN2O2/c16-13-9-12(5-6-14(13)19)18-10-11-3-1-2-4-15(11)20-8-7-17/h1-6,9,18-19H,8,10H2. The Balaban J connectivity index is 2.06. The van der Waals surface area contributed by atoms with E-state index in [2.05, 4.69) is 5.32 Å². The normalized spacial score (nSPS) is 9.80. The number of nitriles is 1. The molecule has 5 heteroatoms. The molecule has 2 rings (SSSR count). The molecule has 0 heterocycles. The third-order valence-electron chi connectivity index (χ3n) is 2.70. The van der Waals surface area contributed by atoms with Gasteiger partial charge in [-0.15, -0.1) is 0 Å². The van der Waals surface area contributed by atoms with Gasteiger partial charge in [0.05, 0.1) is 5.02 Å². The third kappa shape index (κ3) is 3.56. The highest BCUT2D eigenvalue weighted by atomic mass is 35.5. The molecule has 0 amide bonds. The zero-order valence-electron chi connectivity index (χ0n) is 10.6. The van der Waals surface area contributed by atoms with Crippen LogP contribution in [0.4, 0.5) is 5.69 Å². The van der Waals surface area contributed by atoms with Gasteiger partial charge in [0.1, 0.15) is 17.6 Å². The molecule has 20 heavy (non-hydrogen) atoms. The predicted octanol–water partition coefficient (Wildman–Crippen LogP) is 3.56. The van der Waals surface area contributed by atoms with Crippen molar-refractivity contribution >= 4 is 17.3 Å². The first kappa shape index (κ1) is 14.0. The third-order valence-corrected chi connectivity index (χ3v) is 3.00. The maximum atomic E-state index is 9.36. The van der Waals surface area contributed by atoms with E-state index in [1.165, 1.54) is 6.07 Å². The molecule has 0 fully saturated rings. The Labute approximate surface area is 122 Å². The Morgan fingerprint density at radius 1 is 1.25 bits per heavy atom.